The number of nitrogens with one attached hydrogen (secondary N) is 1. The molecule has 3 heterocycles. The molecule has 3 aliphatic rings. The van der Waals surface area contributed by atoms with Gasteiger partial charge in [0.1, 0.15) is 11.9 Å². The highest BCUT2D eigenvalue weighted by molar-refractivity contribution is 5.83. The standard InChI is InChI=1S/C20H28FN3O2/c21-17-4-2-1-3-16(17)18(23-11-13-26-14-12-23)19(25)24-9-6-20(7-10-24)5-8-22-15-20/h1-4,18,22H,5-15H2. The molecule has 1 unspecified atom stereocenters. The van der Waals surface area contributed by atoms with Crippen molar-refractivity contribution >= 4 is 5.91 Å². The molecule has 1 aromatic rings. The Kier molecular flexibility index (Phi) is 5.25. The summed E-state index contributed by atoms with van der Waals surface area (Å²) < 4.78 is 20.0. The van der Waals surface area contributed by atoms with Crippen LogP contribution in [0.25, 0.3) is 0 Å². The predicted octanol–water partition coefficient (Wildman–Crippen LogP) is 1.80. The number of morpholine rings is 1. The number of piperidine rings is 1. The van der Waals surface area contributed by atoms with Gasteiger partial charge >= 0.3 is 0 Å². The number of carbonyl (C=O) groups is 1. The summed E-state index contributed by atoms with van der Waals surface area (Å²) in [6, 6.07) is 6.15. The normalized spacial score (nSPS) is 24.7. The van der Waals surface area contributed by atoms with Gasteiger partial charge in [0.15, 0.2) is 0 Å². The molecule has 1 aromatic carbocycles. The molecule has 0 aliphatic carbocycles. The van der Waals surface area contributed by atoms with Crippen LogP contribution in [0.2, 0.25) is 0 Å². The second kappa shape index (κ2) is 7.62. The second-order valence-electron chi connectivity index (χ2n) is 7.82. The van der Waals surface area contributed by atoms with Crippen LogP contribution in [0.3, 0.4) is 0 Å². The van der Waals surface area contributed by atoms with Crippen molar-refractivity contribution in [2.45, 2.75) is 25.3 Å². The Balaban J connectivity index is 1.53. The maximum absolute atomic E-state index is 14.5. The van der Waals surface area contributed by atoms with E-state index >= 15 is 0 Å². The van der Waals surface area contributed by atoms with Gasteiger partial charge in [-0.2, -0.15) is 0 Å². The molecule has 1 amide bonds. The molecular formula is C20H28FN3O2. The third-order valence-electron chi connectivity index (χ3n) is 6.31. The predicted molar refractivity (Wildman–Crippen MR) is 97.3 cm³/mol. The molecule has 3 fully saturated rings. The summed E-state index contributed by atoms with van der Waals surface area (Å²) in [4.78, 5) is 17.4. The largest absolute Gasteiger partial charge is 0.379 e. The lowest BCUT2D eigenvalue weighted by Crippen LogP contribution is -2.51. The van der Waals surface area contributed by atoms with Gasteiger partial charge in [-0.3, -0.25) is 9.69 Å². The molecule has 0 aromatic heterocycles. The summed E-state index contributed by atoms with van der Waals surface area (Å²) >= 11 is 0. The fourth-order valence-corrected chi connectivity index (χ4v) is 4.62. The van der Waals surface area contributed by atoms with Crippen molar-refractivity contribution in [3.8, 4) is 0 Å². The van der Waals surface area contributed by atoms with E-state index in [9.17, 15) is 9.18 Å². The Bertz CT molecular complexity index is 632. The molecule has 5 nitrogen and oxygen atoms in total. The lowest BCUT2D eigenvalue weighted by atomic mass is 9.77. The molecule has 0 bridgehead atoms. The topological polar surface area (TPSA) is 44.8 Å². The van der Waals surface area contributed by atoms with Crippen LogP contribution in [0.5, 0.6) is 0 Å². The second-order valence-corrected chi connectivity index (χ2v) is 7.82. The summed E-state index contributed by atoms with van der Waals surface area (Å²) in [5.41, 5.74) is 0.852. The molecule has 3 saturated heterocycles. The quantitative estimate of drug-likeness (QED) is 0.892. The number of halogens is 1. The average Bonchev–Trinajstić information content (AvgIpc) is 3.13. The van der Waals surface area contributed by atoms with E-state index in [2.05, 4.69) is 10.2 Å². The number of benzene rings is 1. The molecule has 0 saturated carbocycles. The summed E-state index contributed by atoms with van der Waals surface area (Å²) in [6.07, 6.45) is 3.28. The summed E-state index contributed by atoms with van der Waals surface area (Å²) in [5, 5.41) is 3.46. The molecule has 6 heteroatoms. The highest BCUT2D eigenvalue weighted by Gasteiger charge is 2.41. The van der Waals surface area contributed by atoms with Crippen molar-refractivity contribution in [1.29, 1.82) is 0 Å². The number of amides is 1. The highest BCUT2D eigenvalue weighted by atomic mass is 19.1. The van der Waals surface area contributed by atoms with Crippen LogP contribution in [0.1, 0.15) is 30.9 Å². The number of likely N-dealkylation sites (tertiary alicyclic amines) is 1. The zero-order valence-electron chi connectivity index (χ0n) is 15.3. The number of hydrogen-bond acceptors (Lipinski definition) is 4. The van der Waals surface area contributed by atoms with Crippen molar-refractivity contribution in [3.05, 3.63) is 35.6 Å². The van der Waals surface area contributed by atoms with Crippen molar-refractivity contribution < 1.29 is 13.9 Å². The molecule has 26 heavy (non-hydrogen) atoms. The van der Waals surface area contributed by atoms with Gasteiger partial charge < -0.3 is 15.0 Å². The van der Waals surface area contributed by atoms with Gasteiger partial charge in [-0.05, 0) is 37.3 Å². The summed E-state index contributed by atoms with van der Waals surface area (Å²) in [7, 11) is 0. The van der Waals surface area contributed by atoms with Crippen LogP contribution < -0.4 is 5.32 Å². The number of rotatable bonds is 3. The van der Waals surface area contributed by atoms with Crippen molar-refractivity contribution in [2.75, 3.05) is 52.5 Å². The maximum Gasteiger partial charge on any atom is 0.244 e. The average molecular weight is 361 g/mol. The molecule has 1 spiro atoms. The molecule has 1 atom stereocenters. The number of carbonyl (C=O) groups excluding carboxylic acids is 1. The first-order valence-corrected chi connectivity index (χ1v) is 9.74. The number of ether oxygens (including phenoxy) is 1. The van der Waals surface area contributed by atoms with E-state index in [-0.39, 0.29) is 11.7 Å². The highest BCUT2D eigenvalue weighted by Crippen LogP contribution is 2.38. The number of hydrogen-bond donors (Lipinski definition) is 1. The molecule has 142 valence electrons. The van der Waals surface area contributed by atoms with Gasteiger partial charge in [0, 0.05) is 38.3 Å². The fourth-order valence-electron chi connectivity index (χ4n) is 4.62. The van der Waals surface area contributed by atoms with Crippen LogP contribution in [0, 0.1) is 11.2 Å². The minimum Gasteiger partial charge on any atom is -0.379 e. The van der Waals surface area contributed by atoms with Crippen LogP contribution in [-0.2, 0) is 9.53 Å². The monoisotopic (exact) mass is 361 g/mol. The Hall–Kier alpha value is -1.50. The van der Waals surface area contributed by atoms with Gasteiger partial charge in [0.25, 0.3) is 0 Å². The van der Waals surface area contributed by atoms with E-state index in [0.717, 1.165) is 39.0 Å². The van der Waals surface area contributed by atoms with Crippen LogP contribution in [0.4, 0.5) is 4.39 Å². The maximum atomic E-state index is 14.5. The summed E-state index contributed by atoms with van der Waals surface area (Å²) in [5.74, 6) is -0.261. The molecule has 0 radical (unpaired) electrons. The third kappa shape index (κ3) is 3.50. The van der Waals surface area contributed by atoms with Crippen molar-refractivity contribution in [3.63, 3.8) is 0 Å². The Morgan fingerprint density at radius 3 is 2.50 bits per heavy atom. The van der Waals surface area contributed by atoms with Crippen LogP contribution >= 0.6 is 0 Å². The smallest absolute Gasteiger partial charge is 0.244 e. The van der Waals surface area contributed by atoms with Gasteiger partial charge in [0.2, 0.25) is 5.91 Å². The van der Waals surface area contributed by atoms with Crippen molar-refractivity contribution in [1.82, 2.24) is 15.1 Å². The van der Waals surface area contributed by atoms with E-state index in [0.29, 0.717) is 37.3 Å². The van der Waals surface area contributed by atoms with Gasteiger partial charge in [0.05, 0.1) is 13.2 Å². The zero-order chi connectivity index (χ0) is 18.0. The molecule has 1 N–H and O–H groups in total. The third-order valence-corrected chi connectivity index (χ3v) is 6.31. The first kappa shape index (κ1) is 17.9. The van der Waals surface area contributed by atoms with Gasteiger partial charge in [-0.25, -0.2) is 4.39 Å². The van der Waals surface area contributed by atoms with Gasteiger partial charge in [-0.15, -0.1) is 0 Å². The minimum atomic E-state index is -0.546. The molecular weight excluding hydrogens is 333 g/mol. The first-order chi connectivity index (χ1) is 12.7. The molecule has 3 aliphatic heterocycles. The summed E-state index contributed by atoms with van der Waals surface area (Å²) in [6.45, 7) is 6.19. The van der Waals surface area contributed by atoms with Crippen molar-refractivity contribution in [2.24, 2.45) is 5.41 Å². The Morgan fingerprint density at radius 1 is 1.12 bits per heavy atom. The van der Waals surface area contributed by atoms with E-state index in [4.69, 9.17) is 4.74 Å². The Labute approximate surface area is 154 Å². The molecule has 4 rings (SSSR count). The number of nitrogens with zero attached hydrogens (tertiary/aromatic N) is 2. The van der Waals surface area contributed by atoms with Gasteiger partial charge in [-0.1, -0.05) is 18.2 Å². The fraction of sp³-hybridized carbons (Fsp3) is 0.650. The van der Waals surface area contributed by atoms with E-state index < -0.39 is 6.04 Å². The van der Waals surface area contributed by atoms with Crippen LogP contribution in [0.15, 0.2) is 24.3 Å². The SMILES string of the molecule is O=C(C(c1ccccc1F)N1CCOCC1)N1CCC2(CCNC2)CC1. The van der Waals surface area contributed by atoms with Crippen LogP contribution in [-0.4, -0.2) is 68.2 Å². The van der Waals surface area contributed by atoms with E-state index in [1.165, 1.54) is 12.5 Å². The van der Waals surface area contributed by atoms with E-state index in [1.54, 1.807) is 12.1 Å². The van der Waals surface area contributed by atoms with E-state index in [1.807, 2.05) is 11.0 Å². The first-order valence-electron chi connectivity index (χ1n) is 9.74. The zero-order valence-corrected chi connectivity index (χ0v) is 15.3. The lowest BCUT2D eigenvalue weighted by molar-refractivity contribution is -0.141. The minimum absolute atomic E-state index is 0.0396. The lowest BCUT2D eigenvalue weighted by Gasteiger charge is -2.42. The Morgan fingerprint density at radius 2 is 1.85 bits per heavy atom.